The summed E-state index contributed by atoms with van der Waals surface area (Å²) in [7, 11) is -8.42. The van der Waals surface area contributed by atoms with Crippen LogP contribution in [0.25, 0.3) is 22.3 Å². The van der Waals surface area contributed by atoms with Gasteiger partial charge in [-0.1, -0.05) is 12.1 Å². The molecule has 0 amide bonds. The van der Waals surface area contributed by atoms with Crippen molar-refractivity contribution < 1.29 is 84.2 Å². The minimum atomic E-state index is -4.63. The molecule has 0 bridgehead atoms. The molecule has 0 saturated carbocycles. The molecule has 2 fully saturated rings. The Labute approximate surface area is 431 Å². The van der Waals surface area contributed by atoms with Crippen LogP contribution >= 0.6 is 12.4 Å². The number of aromatic nitrogens is 4. The number of sulfonamides is 2. The first-order chi connectivity index (χ1) is 35.1. The molecule has 4 atom stereocenters. The number of hydrogen-bond acceptors (Lipinski definition) is 11. The number of nitrogens with zero attached hydrogens (tertiary/aromatic N) is 6. The van der Waals surface area contributed by atoms with E-state index in [9.17, 15) is 79.1 Å². The van der Waals surface area contributed by atoms with Gasteiger partial charge in [-0.15, -0.1) is 12.4 Å². The van der Waals surface area contributed by atoms with Crippen molar-refractivity contribution in [2.24, 2.45) is 5.73 Å². The van der Waals surface area contributed by atoms with E-state index in [0.717, 1.165) is 95.6 Å². The third-order valence-electron chi connectivity index (χ3n) is 11.2. The lowest BCUT2D eigenvalue weighted by Gasteiger charge is -2.22. The molecule has 408 valence electrons. The van der Waals surface area contributed by atoms with E-state index >= 15 is 0 Å². The molecule has 0 unspecified atom stereocenters. The Morgan fingerprint density at radius 3 is 1.37 bits per heavy atom. The van der Waals surface area contributed by atoms with Crippen LogP contribution in [0.4, 0.5) is 52.7 Å². The number of ketones is 1. The highest BCUT2D eigenvalue weighted by molar-refractivity contribution is 7.89. The number of pyridine rings is 4. The van der Waals surface area contributed by atoms with Crippen LogP contribution in [-0.2, 0) is 55.0 Å². The first-order valence-electron chi connectivity index (χ1n) is 21.8. The van der Waals surface area contributed by atoms with Gasteiger partial charge in [-0.25, -0.2) is 44.4 Å². The number of carboxylic acid groups (broad SMARTS) is 1. The number of hydrogen-bond donors (Lipinski definition) is 2. The molecule has 0 aliphatic carbocycles. The number of benzene rings is 2. The maximum Gasteiger partial charge on any atom is 0.433 e. The second kappa shape index (κ2) is 24.6. The van der Waals surface area contributed by atoms with Crippen molar-refractivity contribution in [2.75, 3.05) is 13.1 Å². The van der Waals surface area contributed by atoms with E-state index in [1.165, 1.54) is 18.2 Å². The fourth-order valence-electron chi connectivity index (χ4n) is 7.60. The molecule has 2 aliphatic rings. The molecule has 8 rings (SSSR count). The summed E-state index contributed by atoms with van der Waals surface area (Å²) in [5.74, 6) is -4.97. The van der Waals surface area contributed by atoms with Crippen LogP contribution < -0.4 is 5.73 Å². The Morgan fingerprint density at radius 1 is 0.592 bits per heavy atom. The van der Waals surface area contributed by atoms with Gasteiger partial charge in [0.05, 0.1) is 21.5 Å². The quantitative estimate of drug-likeness (QED) is 0.0870. The fourth-order valence-corrected chi connectivity index (χ4v) is 10.9. The summed E-state index contributed by atoms with van der Waals surface area (Å²) in [4.78, 5) is 37.2. The first-order valence-corrected chi connectivity index (χ1v) is 24.6. The maximum absolute atomic E-state index is 14.2. The summed E-state index contributed by atoms with van der Waals surface area (Å²) in [5, 5.41) is 8.92. The van der Waals surface area contributed by atoms with E-state index in [4.69, 9.17) is 10.8 Å². The van der Waals surface area contributed by atoms with E-state index in [1.807, 2.05) is 0 Å². The highest BCUT2D eigenvalue weighted by Gasteiger charge is 2.45. The van der Waals surface area contributed by atoms with Gasteiger partial charge in [-0.2, -0.15) is 43.7 Å². The van der Waals surface area contributed by atoms with E-state index in [2.05, 4.69) is 19.9 Å². The summed E-state index contributed by atoms with van der Waals surface area (Å²) in [6.45, 7) is -1.01. The third-order valence-corrected chi connectivity index (χ3v) is 15.0. The number of Topliss-reactive ketones (excluding diaryl/α,β-unsaturated/α-hetero) is 1. The standard InChI is InChI=1S/C24H19F6N3O3S.C12H9F4N3.C11H11F2NO4S.ClH/c25-16-2-5-19(6-3-16)37(35,36)33-13-17(26)11-20(33)21(34)7-4-18-9-15(10-23(27)32-18)14-1-8-22(31-12-14)24(28,29)30;13-11-4-8(3-9(5-17)19-11)7-1-2-10(18-6-7)12(14,15)16;12-7-1-3-9(4-2-7)19(17,18)14-6-8(13)5-10(14)11(15)16;/h1-3,5-6,8-10,12,17,20H,4,7,11,13H2;1-4,6H,5,17H2;1-4,8,10H,5-6H2,(H,15,16);1H/t17-,20+;;8-,10+;/m1.1./s1. The van der Waals surface area contributed by atoms with Crippen molar-refractivity contribution >= 4 is 44.2 Å². The van der Waals surface area contributed by atoms with Gasteiger partial charge in [-0.05, 0) is 90.3 Å². The minimum absolute atomic E-state index is 0. The second-order valence-electron chi connectivity index (χ2n) is 16.5. The first kappa shape index (κ1) is 60.3. The maximum atomic E-state index is 14.2. The number of nitrogens with two attached hydrogens (primary N) is 1. The molecule has 6 heterocycles. The average molecular weight is 1140 g/mol. The monoisotopic (exact) mass is 1140 g/mol. The van der Waals surface area contributed by atoms with Crippen molar-refractivity contribution in [3.8, 4) is 22.3 Å². The topological polar surface area (TPSA) is 207 Å². The smallest absolute Gasteiger partial charge is 0.433 e. The molecule has 29 heteroatoms. The van der Waals surface area contributed by atoms with Crippen molar-refractivity contribution in [3.63, 3.8) is 0 Å². The lowest BCUT2D eigenvalue weighted by atomic mass is 10.0. The van der Waals surface area contributed by atoms with Gasteiger partial charge in [0.2, 0.25) is 31.9 Å². The SMILES string of the molecule is Cl.NCc1cc(-c2ccc(C(F)(F)F)nc2)cc(F)n1.O=C(CCc1cc(-c2ccc(C(F)(F)F)nc2)cc(F)n1)[C@@H]1C[C@@H](F)CN1S(=O)(=O)c1ccc(F)cc1.O=C(O)[C@@H]1C[C@@H](F)CN1S(=O)(=O)c1ccc(F)cc1. The predicted octanol–water partition coefficient (Wildman–Crippen LogP) is 8.94. The molecule has 2 aliphatic heterocycles. The van der Waals surface area contributed by atoms with Gasteiger partial charge in [0.15, 0.2) is 5.78 Å². The van der Waals surface area contributed by atoms with E-state index in [0.29, 0.717) is 21.1 Å². The lowest BCUT2D eigenvalue weighted by molar-refractivity contribution is -0.141. The Morgan fingerprint density at radius 2 is 0.987 bits per heavy atom. The zero-order valence-electron chi connectivity index (χ0n) is 38.6. The van der Waals surface area contributed by atoms with Crippen molar-refractivity contribution in [2.45, 2.75) is 78.8 Å². The van der Waals surface area contributed by atoms with Crippen LogP contribution in [0.5, 0.6) is 0 Å². The number of halogens is 13. The predicted molar refractivity (Wildman–Crippen MR) is 248 cm³/mol. The zero-order valence-corrected chi connectivity index (χ0v) is 41.0. The Bertz CT molecular complexity index is 3220. The zero-order chi connectivity index (χ0) is 55.2. The normalized spacial score (nSPS) is 18.2. The van der Waals surface area contributed by atoms with Crippen LogP contribution in [0.15, 0.2) is 119 Å². The number of carbonyl (C=O) groups is 2. The van der Waals surface area contributed by atoms with E-state index in [1.54, 1.807) is 0 Å². The number of alkyl halides is 8. The van der Waals surface area contributed by atoms with Crippen molar-refractivity contribution in [1.82, 2.24) is 28.5 Å². The summed E-state index contributed by atoms with van der Waals surface area (Å²) in [6, 6.07) is 14.1. The van der Waals surface area contributed by atoms with Gasteiger partial charge < -0.3 is 10.8 Å². The summed E-state index contributed by atoms with van der Waals surface area (Å²) < 4.78 is 208. The summed E-state index contributed by atoms with van der Waals surface area (Å²) >= 11 is 0. The van der Waals surface area contributed by atoms with Crippen LogP contribution in [0.2, 0.25) is 0 Å². The Balaban J connectivity index is 0.000000230. The summed E-state index contributed by atoms with van der Waals surface area (Å²) in [6.07, 6.45) is -11.4. The molecular weight excluding hydrogens is 1100 g/mol. The van der Waals surface area contributed by atoms with Gasteiger partial charge in [-0.3, -0.25) is 19.6 Å². The average Bonchev–Trinajstić information content (AvgIpc) is 3.97. The lowest BCUT2D eigenvalue weighted by Crippen LogP contribution is -2.40. The molecule has 0 radical (unpaired) electrons. The molecule has 6 aromatic rings. The second-order valence-corrected chi connectivity index (χ2v) is 20.2. The highest BCUT2D eigenvalue weighted by Crippen LogP contribution is 2.33. The Hall–Kier alpha value is -6.59. The minimum Gasteiger partial charge on any atom is -0.480 e. The van der Waals surface area contributed by atoms with Crippen LogP contribution in [0.1, 0.15) is 42.0 Å². The van der Waals surface area contributed by atoms with Gasteiger partial charge in [0.1, 0.15) is 41.4 Å². The largest absolute Gasteiger partial charge is 0.480 e. The van der Waals surface area contributed by atoms with Crippen LogP contribution in [0.3, 0.4) is 0 Å². The molecule has 4 aromatic heterocycles. The Kier molecular flexibility index (Phi) is 19.5. The van der Waals surface area contributed by atoms with E-state index < -0.39 is 117 Å². The molecular formula is C47H40ClF12N7O7S2. The molecule has 0 spiro atoms. The third kappa shape index (κ3) is 15.1. The molecule has 14 nitrogen and oxygen atoms in total. The van der Waals surface area contributed by atoms with Crippen molar-refractivity contribution in [1.29, 1.82) is 0 Å². The van der Waals surface area contributed by atoms with Gasteiger partial charge >= 0.3 is 18.3 Å². The van der Waals surface area contributed by atoms with Gasteiger partial charge in [0, 0.05) is 80.2 Å². The van der Waals surface area contributed by atoms with E-state index in [-0.39, 0.29) is 71.2 Å². The fraction of sp³-hybridized carbons (Fsp3) is 0.277. The van der Waals surface area contributed by atoms with Crippen LogP contribution in [-0.4, -0.2) is 99.8 Å². The number of carbonyl (C=O) groups excluding carboxylic acids is 1. The highest BCUT2D eigenvalue weighted by atomic mass is 35.5. The van der Waals surface area contributed by atoms with Gasteiger partial charge in [0.25, 0.3) is 0 Å². The molecule has 2 saturated heterocycles. The molecule has 76 heavy (non-hydrogen) atoms. The van der Waals surface area contributed by atoms with Crippen molar-refractivity contribution in [3.05, 3.63) is 156 Å². The number of aryl methyl sites for hydroxylation is 1. The molecule has 3 N–H and O–H groups in total. The summed E-state index contributed by atoms with van der Waals surface area (Å²) in [5.41, 5.74) is 4.77. The number of aliphatic carboxylic acids is 1. The number of rotatable bonds is 12. The van der Waals surface area contributed by atoms with Crippen LogP contribution in [0, 0.1) is 23.5 Å². The molecule has 2 aromatic carbocycles. The number of carboxylic acids is 1.